The maximum absolute atomic E-state index is 13.5. The predicted octanol–water partition coefficient (Wildman–Crippen LogP) is -0.190. The first-order valence-corrected chi connectivity index (χ1v) is 12.9. The summed E-state index contributed by atoms with van der Waals surface area (Å²) in [7, 11) is 0. The molecule has 3 aromatic rings. The van der Waals surface area contributed by atoms with Gasteiger partial charge >= 0.3 is 5.97 Å². The van der Waals surface area contributed by atoms with Crippen molar-refractivity contribution in [1.29, 1.82) is 0 Å². The number of benzene rings is 2. The van der Waals surface area contributed by atoms with Crippen molar-refractivity contribution >= 4 is 40.5 Å². The number of nitrogens with one attached hydrogen (secondary N) is 4. The number of carbonyl (C=O) groups excluding carboxylic acids is 4. The number of aromatic nitrogens is 1. The number of hydrogen-bond acceptors (Lipinski definition) is 7. The number of H-pyrrole nitrogens is 1. The van der Waals surface area contributed by atoms with E-state index in [1.807, 2.05) is 24.3 Å². The molecule has 0 saturated heterocycles. The lowest BCUT2D eigenvalue weighted by atomic mass is 10.0. The average Bonchev–Trinajstić information content (AvgIpc) is 3.33. The number of rotatable bonds is 14. The minimum Gasteiger partial charge on any atom is -0.508 e. The first kappa shape index (κ1) is 30.6. The molecular formula is C28H34N6O7. The smallest absolute Gasteiger partial charge is 0.326 e. The maximum Gasteiger partial charge on any atom is 0.326 e. The second-order valence-electron chi connectivity index (χ2n) is 9.75. The maximum atomic E-state index is 13.5. The zero-order chi connectivity index (χ0) is 30.1. The van der Waals surface area contributed by atoms with Gasteiger partial charge in [0, 0.05) is 36.4 Å². The highest BCUT2D eigenvalue weighted by atomic mass is 16.4. The number of phenolic OH excluding ortho intramolecular Hbond substituents is 1. The van der Waals surface area contributed by atoms with Crippen molar-refractivity contribution in [2.45, 2.75) is 56.8 Å². The molecule has 2 aromatic carbocycles. The van der Waals surface area contributed by atoms with Crippen molar-refractivity contribution in [1.82, 2.24) is 20.9 Å². The van der Waals surface area contributed by atoms with Crippen LogP contribution in [0.4, 0.5) is 0 Å². The summed E-state index contributed by atoms with van der Waals surface area (Å²) < 4.78 is 0. The Morgan fingerprint density at radius 3 is 2.10 bits per heavy atom. The van der Waals surface area contributed by atoms with E-state index >= 15 is 0 Å². The van der Waals surface area contributed by atoms with E-state index in [0.29, 0.717) is 11.1 Å². The van der Waals surface area contributed by atoms with Gasteiger partial charge in [-0.3, -0.25) is 19.2 Å². The molecule has 0 aliphatic rings. The van der Waals surface area contributed by atoms with Crippen LogP contribution in [-0.4, -0.2) is 69.0 Å². The lowest BCUT2D eigenvalue weighted by Crippen LogP contribution is -2.57. The Labute approximate surface area is 235 Å². The molecule has 0 aliphatic heterocycles. The van der Waals surface area contributed by atoms with E-state index in [4.69, 9.17) is 11.5 Å². The first-order chi connectivity index (χ1) is 19.4. The number of nitrogens with two attached hydrogens (primary N) is 2. The fourth-order valence-electron chi connectivity index (χ4n) is 4.20. The highest BCUT2D eigenvalue weighted by Crippen LogP contribution is 2.20. The Morgan fingerprint density at radius 2 is 1.46 bits per heavy atom. The number of fused-ring (bicyclic) bond motifs is 1. The molecule has 0 aliphatic carbocycles. The van der Waals surface area contributed by atoms with Crippen molar-refractivity contribution in [3.63, 3.8) is 0 Å². The van der Waals surface area contributed by atoms with Gasteiger partial charge in [0.25, 0.3) is 0 Å². The molecule has 0 bridgehead atoms. The fraction of sp³-hybridized carbons (Fsp3) is 0.321. The Kier molecular flexibility index (Phi) is 10.4. The number of carboxylic acids is 1. The molecule has 1 aromatic heterocycles. The minimum atomic E-state index is -1.35. The van der Waals surface area contributed by atoms with Crippen molar-refractivity contribution in [2.75, 3.05) is 0 Å². The molecule has 218 valence electrons. The molecule has 13 heteroatoms. The van der Waals surface area contributed by atoms with E-state index in [-0.39, 0.29) is 31.4 Å². The Bertz CT molecular complexity index is 1400. The predicted molar refractivity (Wildman–Crippen MR) is 149 cm³/mol. The van der Waals surface area contributed by atoms with Gasteiger partial charge in [0.15, 0.2) is 0 Å². The molecular weight excluding hydrogens is 532 g/mol. The number of aromatic hydroxyl groups is 1. The van der Waals surface area contributed by atoms with Gasteiger partial charge < -0.3 is 42.6 Å². The zero-order valence-electron chi connectivity index (χ0n) is 22.4. The molecule has 0 radical (unpaired) electrons. The molecule has 4 amide bonds. The summed E-state index contributed by atoms with van der Waals surface area (Å²) >= 11 is 0. The SMILES string of the molecule is CC(N)C(=O)NC(CCC(N)=O)C(=O)NC(Cc1c[nH]c2ccccc12)C(=O)NC(Cc1ccc(O)cc1)C(=O)O. The summed E-state index contributed by atoms with van der Waals surface area (Å²) in [5, 5.41) is 27.7. The van der Waals surface area contributed by atoms with Gasteiger partial charge in [-0.15, -0.1) is 0 Å². The summed E-state index contributed by atoms with van der Waals surface area (Å²) in [6.07, 6.45) is 1.23. The first-order valence-electron chi connectivity index (χ1n) is 12.9. The fourth-order valence-corrected chi connectivity index (χ4v) is 4.20. The van der Waals surface area contributed by atoms with Crippen LogP contribution in [0.2, 0.25) is 0 Å². The third-order valence-corrected chi connectivity index (χ3v) is 6.45. The topological polar surface area (TPSA) is 230 Å². The number of aromatic amines is 1. The molecule has 0 saturated carbocycles. The largest absolute Gasteiger partial charge is 0.508 e. The third-order valence-electron chi connectivity index (χ3n) is 6.45. The number of para-hydroxylation sites is 1. The van der Waals surface area contributed by atoms with Gasteiger partial charge in [0.1, 0.15) is 23.9 Å². The van der Waals surface area contributed by atoms with E-state index in [1.165, 1.54) is 31.2 Å². The lowest BCUT2D eigenvalue weighted by Gasteiger charge is -2.25. The molecule has 4 atom stereocenters. The molecule has 3 rings (SSSR count). The highest BCUT2D eigenvalue weighted by Gasteiger charge is 2.31. The van der Waals surface area contributed by atoms with Gasteiger partial charge in [0.2, 0.25) is 23.6 Å². The number of aliphatic carboxylic acids is 1. The van der Waals surface area contributed by atoms with E-state index in [9.17, 15) is 34.2 Å². The average molecular weight is 567 g/mol. The number of phenols is 1. The van der Waals surface area contributed by atoms with Crippen LogP contribution in [-0.2, 0) is 36.8 Å². The van der Waals surface area contributed by atoms with Gasteiger partial charge in [-0.1, -0.05) is 30.3 Å². The number of carboxylic acid groups (broad SMARTS) is 1. The van der Waals surface area contributed by atoms with Crippen molar-refractivity contribution < 1.29 is 34.2 Å². The minimum absolute atomic E-state index is 0.00757. The Balaban J connectivity index is 1.87. The summed E-state index contributed by atoms with van der Waals surface area (Å²) in [5.41, 5.74) is 12.9. The van der Waals surface area contributed by atoms with Crippen LogP contribution in [0.5, 0.6) is 5.75 Å². The summed E-state index contributed by atoms with van der Waals surface area (Å²) in [5.74, 6) is -4.18. The zero-order valence-corrected chi connectivity index (χ0v) is 22.4. The molecule has 4 unspecified atom stereocenters. The normalized spacial score (nSPS) is 13.9. The number of amides is 4. The van der Waals surface area contributed by atoms with Crippen LogP contribution in [0.15, 0.2) is 54.7 Å². The Hall–Kier alpha value is -4.91. The highest BCUT2D eigenvalue weighted by molar-refractivity contribution is 5.95. The van der Waals surface area contributed by atoms with Crippen LogP contribution in [0.25, 0.3) is 10.9 Å². The summed E-state index contributed by atoms with van der Waals surface area (Å²) in [4.78, 5) is 65.6. The van der Waals surface area contributed by atoms with Gasteiger partial charge in [-0.25, -0.2) is 4.79 Å². The van der Waals surface area contributed by atoms with Crippen LogP contribution in [0.1, 0.15) is 30.9 Å². The molecule has 0 spiro atoms. The van der Waals surface area contributed by atoms with Crippen LogP contribution < -0.4 is 27.4 Å². The standard InChI is InChI=1S/C28H34N6O7/c1-15(29)25(37)32-21(10-11-24(30)36)26(38)33-22(13-17-14-31-20-5-3-2-4-19(17)20)27(39)34-23(28(40)41)12-16-6-8-18(35)9-7-16/h2-9,14-15,21-23,31,35H,10-13,29H2,1H3,(H2,30,36)(H,32,37)(H,33,38)(H,34,39)(H,40,41). The van der Waals surface area contributed by atoms with Crippen molar-refractivity contribution in [2.24, 2.45) is 11.5 Å². The summed E-state index contributed by atoms with van der Waals surface area (Å²) in [6, 6.07) is 8.42. The second kappa shape index (κ2) is 13.9. The quantitative estimate of drug-likeness (QED) is 0.130. The number of carbonyl (C=O) groups is 5. The van der Waals surface area contributed by atoms with E-state index in [0.717, 1.165) is 10.9 Å². The summed E-state index contributed by atoms with van der Waals surface area (Å²) in [6.45, 7) is 1.42. The van der Waals surface area contributed by atoms with E-state index < -0.39 is 53.8 Å². The third kappa shape index (κ3) is 8.80. The lowest BCUT2D eigenvalue weighted by molar-refractivity contribution is -0.142. The van der Waals surface area contributed by atoms with Crippen LogP contribution >= 0.6 is 0 Å². The Morgan fingerprint density at radius 1 is 0.854 bits per heavy atom. The van der Waals surface area contributed by atoms with Gasteiger partial charge in [0.05, 0.1) is 6.04 Å². The molecule has 0 fully saturated rings. The monoisotopic (exact) mass is 566 g/mol. The van der Waals surface area contributed by atoms with Crippen molar-refractivity contribution in [3.05, 3.63) is 65.9 Å². The number of primary amides is 1. The molecule has 13 nitrogen and oxygen atoms in total. The van der Waals surface area contributed by atoms with Crippen LogP contribution in [0, 0.1) is 0 Å². The van der Waals surface area contributed by atoms with Gasteiger partial charge in [-0.05, 0) is 42.7 Å². The second-order valence-corrected chi connectivity index (χ2v) is 9.75. The van der Waals surface area contributed by atoms with Crippen LogP contribution in [0.3, 0.4) is 0 Å². The molecule has 1 heterocycles. The van der Waals surface area contributed by atoms with E-state index in [1.54, 1.807) is 6.20 Å². The van der Waals surface area contributed by atoms with E-state index in [2.05, 4.69) is 20.9 Å². The molecule has 10 N–H and O–H groups in total. The molecule has 41 heavy (non-hydrogen) atoms. The number of hydrogen-bond donors (Lipinski definition) is 8. The van der Waals surface area contributed by atoms with Gasteiger partial charge in [-0.2, -0.15) is 0 Å². The van der Waals surface area contributed by atoms with Crippen molar-refractivity contribution in [3.8, 4) is 5.75 Å².